The van der Waals surface area contributed by atoms with Gasteiger partial charge in [0, 0.05) is 19.3 Å². The molecule has 0 amide bonds. The average Bonchev–Trinajstić information content (AvgIpc) is 2.84. The first kappa shape index (κ1) is 11.7. The quantitative estimate of drug-likeness (QED) is 0.926. The molecule has 88 valence electrons. The zero-order valence-corrected chi connectivity index (χ0v) is 10.4. The summed E-state index contributed by atoms with van der Waals surface area (Å²) in [5, 5.41) is 8.84. The van der Waals surface area contributed by atoms with E-state index in [1.54, 1.807) is 12.3 Å². The van der Waals surface area contributed by atoms with E-state index in [1.165, 1.54) is 0 Å². The zero-order chi connectivity index (χ0) is 11.5. The molecule has 5 heteroatoms. The summed E-state index contributed by atoms with van der Waals surface area (Å²) in [5.41, 5.74) is 0.319. The van der Waals surface area contributed by atoms with E-state index in [4.69, 9.17) is 9.84 Å². The lowest BCUT2D eigenvalue weighted by atomic mass is 10.2. The van der Waals surface area contributed by atoms with Crippen molar-refractivity contribution in [2.24, 2.45) is 0 Å². The predicted octanol–water partition coefficient (Wildman–Crippen LogP) is 2.52. The Kier molecular flexibility index (Phi) is 3.66. The van der Waals surface area contributed by atoms with E-state index in [0.717, 1.165) is 37.0 Å². The highest BCUT2D eigenvalue weighted by molar-refractivity contribution is 9.10. The van der Waals surface area contributed by atoms with Crippen LogP contribution in [0.4, 0.5) is 0 Å². The summed E-state index contributed by atoms with van der Waals surface area (Å²) >= 11 is 3.35. The van der Waals surface area contributed by atoms with E-state index < -0.39 is 5.97 Å². The number of ether oxygens (including phenoxy) is 1. The molecular formula is C11H14BrNO3. The molecule has 4 nitrogen and oxygen atoms in total. The van der Waals surface area contributed by atoms with E-state index >= 15 is 0 Å². The van der Waals surface area contributed by atoms with E-state index in [9.17, 15) is 4.79 Å². The van der Waals surface area contributed by atoms with Crippen molar-refractivity contribution in [1.82, 2.24) is 4.57 Å². The number of carboxylic acid groups (broad SMARTS) is 1. The molecular weight excluding hydrogens is 274 g/mol. The van der Waals surface area contributed by atoms with Crippen molar-refractivity contribution < 1.29 is 14.6 Å². The van der Waals surface area contributed by atoms with Gasteiger partial charge in [0.25, 0.3) is 0 Å². The summed E-state index contributed by atoms with van der Waals surface area (Å²) in [4.78, 5) is 10.8. The van der Waals surface area contributed by atoms with Crippen LogP contribution in [0, 0.1) is 0 Å². The van der Waals surface area contributed by atoms with Crippen molar-refractivity contribution in [1.29, 1.82) is 0 Å². The van der Waals surface area contributed by atoms with Gasteiger partial charge in [0.15, 0.2) is 0 Å². The third kappa shape index (κ3) is 2.65. The smallest absolute Gasteiger partial charge is 0.337 e. The summed E-state index contributed by atoms with van der Waals surface area (Å²) in [7, 11) is 0. The van der Waals surface area contributed by atoms with Crippen LogP contribution in [0.15, 0.2) is 16.9 Å². The molecule has 0 aliphatic carbocycles. The maximum Gasteiger partial charge on any atom is 0.337 e. The molecule has 1 aliphatic rings. The van der Waals surface area contributed by atoms with Crippen LogP contribution in [0.5, 0.6) is 0 Å². The van der Waals surface area contributed by atoms with Crippen molar-refractivity contribution in [3.8, 4) is 0 Å². The first-order valence-electron chi connectivity index (χ1n) is 5.37. The Morgan fingerprint density at radius 3 is 3.06 bits per heavy atom. The second-order valence-electron chi connectivity index (χ2n) is 3.97. The molecule has 1 unspecified atom stereocenters. The summed E-state index contributed by atoms with van der Waals surface area (Å²) in [6.07, 6.45) is 5.18. The van der Waals surface area contributed by atoms with Gasteiger partial charge in [-0.05, 0) is 41.3 Å². The van der Waals surface area contributed by atoms with Crippen LogP contribution in [0.2, 0.25) is 0 Å². The molecule has 0 saturated carbocycles. The molecule has 1 atom stereocenters. The van der Waals surface area contributed by atoms with Crippen molar-refractivity contribution in [3.63, 3.8) is 0 Å². The standard InChI is InChI=1S/C11H14BrNO3/c12-10-6-8(11(14)15)7-13(10)4-3-9-2-1-5-16-9/h6-7,9H,1-5H2,(H,14,15). The lowest BCUT2D eigenvalue weighted by Crippen LogP contribution is -2.09. The number of hydrogen-bond acceptors (Lipinski definition) is 2. The Hall–Kier alpha value is -0.810. The van der Waals surface area contributed by atoms with Crippen molar-refractivity contribution in [2.75, 3.05) is 6.61 Å². The maximum absolute atomic E-state index is 10.8. The first-order valence-corrected chi connectivity index (χ1v) is 6.16. The minimum atomic E-state index is -0.892. The Morgan fingerprint density at radius 2 is 2.50 bits per heavy atom. The van der Waals surface area contributed by atoms with Crippen LogP contribution < -0.4 is 0 Å². The molecule has 2 rings (SSSR count). The van der Waals surface area contributed by atoms with Gasteiger partial charge in [-0.15, -0.1) is 0 Å². The van der Waals surface area contributed by atoms with Gasteiger partial charge in [-0.2, -0.15) is 0 Å². The van der Waals surface area contributed by atoms with Gasteiger partial charge in [0.05, 0.1) is 16.3 Å². The van der Waals surface area contributed by atoms with Crippen molar-refractivity contribution in [2.45, 2.75) is 31.9 Å². The Balaban J connectivity index is 1.95. The minimum Gasteiger partial charge on any atom is -0.478 e. The lowest BCUT2D eigenvalue weighted by molar-refractivity contribution is 0.0697. The molecule has 1 N–H and O–H groups in total. The van der Waals surface area contributed by atoms with Gasteiger partial charge in [-0.25, -0.2) is 4.79 Å². The lowest BCUT2D eigenvalue weighted by Gasteiger charge is -2.10. The number of aryl methyl sites for hydroxylation is 1. The van der Waals surface area contributed by atoms with Gasteiger partial charge >= 0.3 is 5.97 Å². The summed E-state index contributed by atoms with van der Waals surface area (Å²) in [5.74, 6) is -0.892. The number of nitrogens with zero attached hydrogens (tertiary/aromatic N) is 1. The van der Waals surface area contributed by atoms with Crippen LogP contribution in [0.3, 0.4) is 0 Å². The van der Waals surface area contributed by atoms with E-state index in [0.29, 0.717) is 11.7 Å². The summed E-state index contributed by atoms with van der Waals surface area (Å²) in [6.45, 7) is 1.65. The summed E-state index contributed by atoms with van der Waals surface area (Å²) < 4.78 is 8.24. The topological polar surface area (TPSA) is 51.5 Å². The molecule has 0 radical (unpaired) electrons. The number of carbonyl (C=O) groups is 1. The number of carboxylic acids is 1. The molecule has 0 aromatic carbocycles. The third-order valence-electron chi connectivity index (χ3n) is 2.81. The Morgan fingerprint density at radius 1 is 1.69 bits per heavy atom. The monoisotopic (exact) mass is 287 g/mol. The molecule has 1 saturated heterocycles. The first-order chi connectivity index (χ1) is 7.66. The molecule has 16 heavy (non-hydrogen) atoms. The molecule has 1 aromatic rings. The predicted molar refractivity (Wildman–Crippen MR) is 62.7 cm³/mol. The fraction of sp³-hybridized carbons (Fsp3) is 0.545. The normalized spacial score (nSPS) is 20.2. The molecule has 0 spiro atoms. The van der Waals surface area contributed by atoms with Crippen molar-refractivity contribution >= 4 is 21.9 Å². The molecule has 1 fully saturated rings. The largest absolute Gasteiger partial charge is 0.478 e. The van der Waals surface area contributed by atoms with Crippen LogP contribution in [0.25, 0.3) is 0 Å². The second-order valence-corrected chi connectivity index (χ2v) is 4.79. The molecule has 1 aliphatic heterocycles. The molecule has 1 aromatic heterocycles. The fourth-order valence-electron chi connectivity index (χ4n) is 1.92. The highest BCUT2D eigenvalue weighted by Gasteiger charge is 2.16. The van der Waals surface area contributed by atoms with Gasteiger partial charge in [0.2, 0.25) is 0 Å². The Labute approximate surface area is 102 Å². The van der Waals surface area contributed by atoms with Crippen LogP contribution in [-0.4, -0.2) is 28.4 Å². The van der Waals surface area contributed by atoms with Gasteiger partial charge in [-0.3, -0.25) is 0 Å². The van der Waals surface area contributed by atoms with Crippen LogP contribution in [-0.2, 0) is 11.3 Å². The summed E-state index contributed by atoms with van der Waals surface area (Å²) in [6, 6.07) is 1.62. The zero-order valence-electron chi connectivity index (χ0n) is 8.86. The van der Waals surface area contributed by atoms with Crippen LogP contribution in [0.1, 0.15) is 29.6 Å². The third-order valence-corrected chi connectivity index (χ3v) is 3.49. The fourth-order valence-corrected chi connectivity index (χ4v) is 2.45. The molecule has 0 bridgehead atoms. The van der Waals surface area contributed by atoms with Crippen molar-refractivity contribution in [3.05, 3.63) is 22.4 Å². The molecule has 2 heterocycles. The number of hydrogen-bond donors (Lipinski definition) is 1. The van der Waals surface area contributed by atoms with Gasteiger partial charge in [-0.1, -0.05) is 0 Å². The maximum atomic E-state index is 10.8. The average molecular weight is 288 g/mol. The number of aromatic carboxylic acids is 1. The van der Waals surface area contributed by atoms with Crippen LogP contribution >= 0.6 is 15.9 Å². The number of rotatable bonds is 4. The van der Waals surface area contributed by atoms with E-state index in [2.05, 4.69) is 15.9 Å². The van der Waals surface area contributed by atoms with Gasteiger partial charge in [0.1, 0.15) is 0 Å². The minimum absolute atomic E-state index is 0.319. The van der Waals surface area contributed by atoms with E-state index in [1.807, 2.05) is 4.57 Å². The number of halogens is 1. The van der Waals surface area contributed by atoms with Gasteiger partial charge < -0.3 is 14.4 Å². The highest BCUT2D eigenvalue weighted by atomic mass is 79.9. The van der Waals surface area contributed by atoms with E-state index in [-0.39, 0.29) is 0 Å². The Bertz CT molecular complexity index is 383. The number of aromatic nitrogens is 1. The second kappa shape index (κ2) is 5.01. The highest BCUT2D eigenvalue weighted by Crippen LogP contribution is 2.20. The SMILES string of the molecule is O=C(O)c1cc(Br)n(CCC2CCCO2)c1.